The number of anilines is 1. The number of nitrogens with one attached hydrogen (secondary N) is 2. The molecule has 0 saturated carbocycles. The molecule has 5 heteroatoms. The molecule has 0 aliphatic carbocycles. The fraction of sp³-hybridized carbons (Fsp3) is 0.0833. The number of aromatic amines is 1. The van der Waals surface area contributed by atoms with Crippen LogP contribution in [0.5, 0.6) is 0 Å². The molecule has 0 atom stereocenters. The van der Waals surface area contributed by atoms with Gasteiger partial charge in [0.25, 0.3) is 0 Å². The number of rotatable bonds is 2. The highest BCUT2D eigenvalue weighted by Crippen LogP contribution is 2.28. The van der Waals surface area contributed by atoms with Gasteiger partial charge in [-0.2, -0.15) is 0 Å². The molecule has 0 bridgehead atoms. The molecule has 0 saturated heterocycles. The van der Waals surface area contributed by atoms with Crippen LogP contribution in [0.2, 0.25) is 0 Å². The van der Waals surface area contributed by atoms with Crippen molar-refractivity contribution in [3.63, 3.8) is 0 Å². The van der Waals surface area contributed by atoms with Gasteiger partial charge in [-0.1, -0.05) is 66.7 Å². The van der Waals surface area contributed by atoms with E-state index in [2.05, 4.69) is 16.4 Å². The molecule has 29 heavy (non-hydrogen) atoms. The summed E-state index contributed by atoms with van der Waals surface area (Å²) in [5.74, 6) is -0.194. The van der Waals surface area contributed by atoms with Gasteiger partial charge in [-0.05, 0) is 28.3 Å². The summed E-state index contributed by atoms with van der Waals surface area (Å²) in [6.45, 7) is 0.275. The molecule has 1 aromatic heterocycles. The second-order valence-electron chi connectivity index (χ2n) is 7.18. The van der Waals surface area contributed by atoms with E-state index in [0.717, 1.165) is 33.2 Å². The van der Waals surface area contributed by atoms with Crippen molar-refractivity contribution in [1.29, 1.82) is 0 Å². The topological polar surface area (TPSA) is 65.2 Å². The van der Waals surface area contributed by atoms with Crippen LogP contribution < -0.4 is 5.32 Å². The summed E-state index contributed by atoms with van der Waals surface area (Å²) in [5, 5.41) is 3.78. The first-order valence-corrected chi connectivity index (χ1v) is 9.54. The number of carbonyl (C=O) groups is 2. The fourth-order valence-corrected chi connectivity index (χ4v) is 3.81. The zero-order valence-corrected chi connectivity index (χ0v) is 15.7. The van der Waals surface area contributed by atoms with E-state index in [-0.39, 0.29) is 18.9 Å². The monoisotopic (exact) mass is 381 g/mol. The van der Waals surface area contributed by atoms with E-state index in [1.165, 1.54) is 4.90 Å². The molecule has 0 spiro atoms. The van der Waals surface area contributed by atoms with E-state index in [0.29, 0.717) is 5.69 Å². The Morgan fingerprint density at radius 3 is 2.55 bits per heavy atom. The van der Waals surface area contributed by atoms with Crippen LogP contribution in [0, 0.1) is 0 Å². The van der Waals surface area contributed by atoms with Crippen molar-refractivity contribution < 1.29 is 9.59 Å². The van der Waals surface area contributed by atoms with Crippen molar-refractivity contribution in [2.24, 2.45) is 0 Å². The number of imide groups is 1. The van der Waals surface area contributed by atoms with Crippen molar-refractivity contribution in [3.05, 3.63) is 90.1 Å². The molecule has 142 valence electrons. The number of hydrogen-bond donors (Lipinski definition) is 2. The third-order valence-corrected chi connectivity index (χ3v) is 5.36. The van der Waals surface area contributed by atoms with Crippen molar-refractivity contribution in [3.8, 4) is 11.1 Å². The van der Waals surface area contributed by atoms with Crippen molar-refractivity contribution in [2.75, 3.05) is 5.32 Å². The lowest BCUT2D eigenvalue weighted by Gasteiger charge is -2.27. The zero-order valence-electron chi connectivity index (χ0n) is 15.7. The summed E-state index contributed by atoms with van der Waals surface area (Å²) in [6.07, 6.45) is 1.97. The Hall–Kier alpha value is -3.86. The second kappa shape index (κ2) is 6.95. The van der Waals surface area contributed by atoms with Gasteiger partial charge in [0.2, 0.25) is 5.91 Å². The molecule has 0 fully saturated rings. The molecular formula is C24H19N3O2. The van der Waals surface area contributed by atoms with Crippen molar-refractivity contribution in [2.45, 2.75) is 13.0 Å². The smallest absolute Gasteiger partial charge is 0.328 e. The summed E-state index contributed by atoms with van der Waals surface area (Å²) >= 11 is 0. The highest BCUT2D eigenvalue weighted by molar-refractivity contribution is 6.06. The Morgan fingerprint density at radius 2 is 1.69 bits per heavy atom. The van der Waals surface area contributed by atoms with Gasteiger partial charge < -0.3 is 10.3 Å². The Kier molecular flexibility index (Phi) is 4.13. The van der Waals surface area contributed by atoms with Crippen molar-refractivity contribution in [1.82, 2.24) is 9.88 Å². The summed E-state index contributed by atoms with van der Waals surface area (Å²) in [4.78, 5) is 29.9. The van der Waals surface area contributed by atoms with Gasteiger partial charge in [0, 0.05) is 17.1 Å². The number of nitrogens with zero attached hydrogens (tertiary/aromatic N) is 1. The summed E-state index contributed by atoms with van der Waals surface area (Å²) in [7, 11) is 0. The number of amides is 3. The SMILES string of the molecule is O=C1Cc2cc(-c3ccccc3)ccc2CN1C(=O)Nc1c[nH]c2ccccc12. The number of H-pyrrole nitrogens is 1. The Labute approximate surface area is 168 Å². The number of urea groups is 1. The van der Waals surface area contributed by atoms with Gasteiger partial charge in [-0.15, -0.1) is 0 Å². The minimum Gasteiger partial charge on any atom is -0.359 e. The average Bonchev–Trinajstić information content (AvgIpc) is 3.16. The number of fused-ring (bicyclic) bond motifs is 2. The maximum absolute atomic E-state index is 12.8. The van der Waals surface area contributed by atoms with Crippen LogP contribution in [0.15, 0.2) is 79.0 Å². The molecule has 1 aliphatic heterocycles. The molecule has 3 aromatic carbocycles. The van der Waals surface area contributed by atoms with Gasteiger partial charge in [0.1, 0.15) is 0 Å². The summed E-state index contributed by atoms with van der Waals surface area (Å²) in [6, 6.07) is 23.5. The summed E-state index contributed by atoms with van der Waals surface area (Å²) < 4.78 is 0. The van der Waals surface area contributed by atoms with Crippen LogP contribution in [-0.4, -0.2) is 21.8 Å². The second-order valence-corrected chi connectivity index (χ2v) is 7.18. The maximum Gasteiger partial charge on any atom is 0.328 e. The Balaban J connectivity index is 1.38. The van der Waals surface area contributed by atoms with Gasteiger partial charge in [0.15, 0.2) is 0 Å². The average molecular weight is 381 g/mol. The van der Waals surface area contributed by atoms with E-state index < -0.39 is 6.03 Å². The lowest BCUT2D eigenvalue weighted by molar-refractivity contribution is -0.128. The maximum atomic E-state index is 12.8. The van der Waals surface area contributed by atoms with Gasteiger partial charge >= 0.3 is 6.03 Å². The van der Waals surface area contributed by atoms with Crippen LogP contribution >= 0.6 is 0 Å². The third kappa shape index (κ3) is 3.17. The predicted molar refractivity (Wildman–Crippen MR) is 113 cm³/mol. The standard InChI is InChI=1S/C24H19N3O2/c28-23-13-19-12-17(16-6-2-1-3-7-16)10-11-18(19)15-27(23)24(29)26-22-14-25-21-9-5-4-8-20(21)22/h1-12,14,25H,13,15H2,(H,26,29). The van der Waals surface area contributed by atoms with Crippen LogP contribution in [0.4, 0.5) is 10.5 Å². The van der Waals surface area contributed by atoms with Crippen LogP contribution in [0.1, 0.15) is 11.1 Å². The molecule has 2 heterocycles. The molecule has 0 radical (unpaired) electrons. The Morgan fingerprint density at radius 1 is 0.897 bits per heavy atom. The van der Waals surface area contributed by atoms with Gasteiger partial charge in [-0.25, -0.2) is 4.79 Å². The van der Waals surface area contributed by atoms with E-state index >= 15 is 0 Å². The van der Waals surface area contributed by atoms with E-state index in [4.69, 9.17) is 0 Å². The van der Waals surface area contributed by atoms with Gasteiger partial charge in [0.05, 0.1) is 18.7 Å². The number of aromatic nitrogens is 1. The molecule has 1 aliphatic rings. The lowest BCUT2D eigenvalue weighted by atomic mass is 9.94. The number of benzene rings is 3. The molecule has 0 unspecified atom stereocenters. The molecular weight excluding hydrogens is 362 g/mol. The minimum atomic E-state index is -0.405. The van der Waals surface area contributed by atoms with Crippen LogP contribution in [0.3, 0.4) is 0 Å². The highest BCUT2D eigenvalue weighted by atomic mass is 16.2. The minimum absolute atomic E-state index is 0.194. The molecule has 2 N–H and O–H groups in total. The molecule has 3 amide bonds. The summed E-state index contributed by atoms with van der Waals surface area (Å²) in [5.41, 5.74) is 5.78. The number of para-hydroxylation sites is 1. The van der Waals surface area contributed by atoms with E-state index in [1.54, 1.807) is 6.20 Å². The third-order valence-electron chi connectivity index (χ3n) is 5.36. The first-order valence-electron chi connectivity index (χ1n) is 9.54. The predicted octanol–water partition coefficient (Wildman–Crippen LogP) is 4.95. The van der Waals surface area contributed by atoms with Gasteiger partial charge in [-0.3, -0.25) is 9.69 Å². The zero-order chi connectivity index (χ0) is 19.8. The molecule has 5 nitrogen and oxygen atoms in total. The molecule has 4 aromatic rings. The molecule has 5 rings (SSSR count). The first kappa shape index (κ1) is 17.3. The first-order chi connectivity index (χ1) is 14.2. The largest absolute Gasteiger partial charge is 0.359 e. The van der Waals surface area contributed by atoms with E-state index in [1.807, 2.05) is 66.7 Å². The lowest BCUT2D eigenvalue weighted by Crippen LogP contribution is -2.43. The highest BCUT2D eigenvalue weighted by Gasteiger charge is 2.28. The fourth-order valence-electron chi connectivity index (χ4n) is 3.81. The quantitative estimate of drug-likeness (QED) is 0.516. The number of hydrogen-bond acceptors (Lipinski definition) is 2. The van der Waals surface area contributed by atoms with E-state index in [9.17, 15) is 9.59 Å². The Bertz CT molecular complexity index is 1230. The van der Waals surface area contributed by atoms with Crippen LogP contribution in [0.25, 0.3) is 22.0 Å². The van der Waals surface area contributed by atoms with Crippen molar-refractivity contribution >= 4 is 28.5 Å². The van der Waals surface area contributed by atoms with Crippen LogP contribution in [-0.2, 0) is 17.8 Å². The normalized spacial score (nSPS) is 13.4. The number of carbonyl (C=O) groups excluding carboxylic acids is 2.